The van der Waals surface area contributed by atoms with Gasteiger partial charge in [0.15, 0.2) is 12.1 Å². The Hall–Kier alpha value is -5.14. The van der Waals surface area contributed by atoms with E-state index >= 15 is 0 Å². The highest BCUT2D eigenvalue weighted by atomic mass is 32.2. The molecule has 0 spiro atoms. The van der Waals surface area contributed by atoms with Crippen LogP contribution in [0.15, 0.2) is 99.9 Å². The maximum atomic E-state index is 14.3. The van der Waals surface area contributed by atoms with E-state index in [2.05, 4.69) is 25.3 Å². The Labute approximate surface area is 266 Å². The zero-order valence-electron chi connectivity index (χ0n) is 25.5. The van der Waals surface area contributed by atoms with E-state index < -0.39 is 40.2 Å². The predicted molar refractivity (Wildman–Crippen MR) is 177 cm³/mol. The number of rotatable bonds is 7. The van der Waals surface area contributed by atoms with E-state index in [1.54, 1.807) is 69.3 Å². The molecule has 0 fully saturated rings. The summed E-state index contributed by atoms with van der Waals surface area (Å²) in [5, 5.41) is 7.03. The number of benzodiazepines with no additional fused rings is 1. The normalized spacial score (nSPS) is 16.6. The lowest BCUT2D eigenvalue weighted by molar-refractivity contribution is -0.153. The molecule has 1 aromatic heterocycles. The molecule has 2 aliphatic heterocycles. The Morgan fingerprint density at radius 2 is 1.83 bits per heavy atom. The number of nitrogens with one attached hydrogen (secondary N) is 3. The van der Waals surface area contributed by atoms with E-state index in [4.69, 9.17) is 9.73 Å². The van der Waals surface area contributed by atoms with Crippen molar-refractivity contribution in [1.82, 2.24) is 15.0 Å². The molecule has 46 heavy (non-hydrogen) atoms. The smallest absolute Gasteiger partial charge is 0.326 e. The molecule has 2 aliphatic rings. The van der Waals surface area contributed by atoms with Gasteiger partial charge in [-0.25, -0.2) is 8.42 Å². The number of nitrogens with zero attached hydrogens (tertiary/aromatic N) is 4. The molecule has 1 unspecified atom stereocenters. The molecule has 3 aromatic carbocycles. The van der Waals surface area contributed by atoms with Crippen molar-refractivity contribution in [2.24, 2.45) is 9.98 Å². The van der Waals surface area contributed by atoms with Crippen LogP contribution in [-0.4, -0.2) is 68.4 Å². The molecule has 236 valence electrons. The maximum Gasteiger partial charge on any atom is 0.326 e. The maximum absolute atomic E-state index is 14.3. The number of guanidine groups is 1. The highest BCUT2D eigenvalue weighted by Crippen LogP contribution is 2.30. The molecule has 0 saturated carbocycles. The Balaban J connectivity index is 1.46. The number of carbonyl (C=O) groups is 2. The largest absolute Gasteiger partial charge is 0.459 e. The number of hydrogen-bond acceptors (Lipinski definition) is 10. The summed E-state index contributed by atoms with van der Waals surface area (Å²) in [5.74, 6) is -0.771. The number of fused-ring (bicyclic) bond motifs is 2. The van der Waals surface area contributed by atoms with E-state index in [0.717, 1.165) is 6.54 Å². The third-order valence-corrected chi connectivity index (χ3v) is 8.58. The number of amides is 1. The molecule has 3 N–H and O–H groups in total. The predicted octanol–water partition coefficient (Wildman–Crippen LogP) is 3.44. The van der Waals surface area contributed by atoms with Crippen LogP contribution in [0.2, 0.25) is 0 Å². The molecule has 0 saturated heterocycles. The van der Waals surface area contributed by atoms with Gasteiger partial charge in [-0.05, 0) is 51.1 Å². The molecule has 12 nitrogen and oxygen atoms in total. The number of aromatic nitrogens is 1. The van der Waals surface area contributed by atoms with Crippen LogP contribution in [0.1, 0.15) is 31.9 Å². The fourth-order valence-electron chi connectivity index (χ4n) is 5.27. The van der Waals surface area contributed by atoms with Crippen molar-refractivity contribution in [1.29, 1.82) is 0 Å². The minimum Gasteiger partial charge on any atom is -0.459 e. The van der Waals surface area contributed by atoms with Crippen molar-refractivity contribution < 1.29 is 22.7 Å². The van der Waals surface area contributed by atoms with E-state index in [9.17, 15) is 18.0 Å². The molecular weight excluding hydrogens is 606 g/mol. The highest BCUT2D eigenvalue weighted by Gasteiger charge is 2.37. The summed E-state index contributed by atoms with van der Waals surface area (Å²) in [7, 11) is -4.35. The number of hydrogen-bond donors (Lipinski definition) is 3. The second-order valence-corrected chi connectivity index (χ2v) is 13.4. The zero-order valence-corrected chi connectivity index (χ0v) is 26.3. The lowest BCUT2D eigenvalue weighted by atomic mass is 9.99. The van der Waals surface area contributed by atoms with Gasteiger partial charge in [-0.3, -0.25) is 29.5 Å². The van der Waals surface area contributed by atoms with Crippen molar-refractivity contribution in [2.45, 2.75) is 37.4 Å². The molecule has 6 rings (SSSR count). The fourth-order valence-corrected chi connectivity index (χ4v) is 6.53. The van der Waals surface area contributed by atoms with Crippen LogP contribution < -0.4 is 20.3 Å². The standard InChI is InChI=1S/C33H33N7O5S/c1-33(2,3)45-27(41)20-40-25-14-5-4-13-24(25)28(22-10-6-12-23(19-22)37-32-35-17-18-36-32)38-30(31(40)42)39-46(43,44)26-15-7-9-21-11-8-16-34-29(21)26/h4-16,19,30,39H,17-18,20H2,1-3H3,(H2,35,36,37). The molecule has 0 radical (unpaired) electrons. The van der Waals surface area contributed by atoms with Crippen LogP contribution in [0.3, 0.4) is 0 Å². The van der Waals surface area contributed by atoms with E-state index in [-0.39, 0.29) is 10.4 Å². The summed E-state index contributed by atoms with van der Waals surface area (Å²) in [4.78, 5) is 41.9. The summed E-state index contributed by atoms with van der Waals surface area (Å²) in [6.45, 7) is 6.11. The van der Waals surface area contributed by atoms with Crippen LogP contribution in [0, 0.1) is 0 Å². The molecule has 13 heteroatoms. The number of ether oxygens (including phenoxy) is 1. The van der Waals surface area contributed by atoms with Crippen molar-refractivity contribution in [3.63, 3.8) is 0 Å². The van der Waals surface area contributed by atoms with Gasteiger partial charge < -0.3 is 15.4 Å². The number of benzene rings is 3. The number of sulfonamides is 1. The van der Waals surface area contributed by atoms with Gasteiger partial charge in [0.25, 0.3) is 5.91 Å². The second kappa shape index (κ2) is 12.3. The molecule has 0 aliphatic carbocycles. The average molecular weight is 640 g/mol. The van der Waals surface area contributed by atoms with E-state index in [0.29, 0.717) is 46.1 Å². The van der Waals surface area contributed by atoms with Crippen LogP contribution in [0.5, 0.6) is 0 Å². The van der Waals surface area contributed by atoms with E-state index in [1.807, 2.05) is 24.3 Å². The minimum absolute atomic E-state index is 0.105. The molecular formula is C33H33N7O5S. The van der Waals surface area contributed by atoms with Gasteiger partial charge in [0, 0.05) is 34.9 Å². The van der Waals surface area contributed by atoms with Gasteiger partial charge in [0.1, 0.15) is 17.0 Å². The first-order chi connectivity index (χ1) is 22.0. The quantitative estimate of drug-likeness (QED) is 0.260. The Kier molecular flexibility index (Phi) is 8.28. The summed E-state index contributed by atoms with van der Waals surface area (Å²) in [6, 6.07) is 22.6. The van der Waals surface area contributed by atoms with Crippen LogP contribution in [0.4, 0.5) is 11.4 Å². The third-order valence-electron chi connectivity index (χ3n) is 7.14. The topological polar surface area (TPSA) is 154 Å². The summed E-state index contributed by atoms with van der Waals surface area (Å²) < 4.78 is 35.9. The number of pyridine rings is 1. The number of esters is 1. The number of carbonyl (C=O) groups excluding carboxylic acids is 2. The SMILES string of the molecule is CC(C)(C)OC(=O)CN1C(=O)C(NS(=O)(=O)c2cccc3cccnc23)N=C(c2cccc(NC3=NCCN3)c2)c2ccccc21. The first kappa shape index (κ1) is 30.9. The first-order valence-electron chi connectivity index (χ1n) is 14.7. The van der Waals surface area contributed by atoms with Gasteiger partial charge in [-0.1, -0.05) is 48.5 Å². The molecule has 0 bridgehead atoms. The minimum atomic E-state index is -4.35. The monoisotopic (exact) mass is 639 g/mol. The first-order valence-corrected chi connectivity index (χ1v) is 16.2. The van der Waals surface area contributed by atoms with Crippen molar-refractivity contribution in [2.75, 3.05) is 29.9 Å². The summed E-state index contributed by atoms with van der Waals surface area (Å²) >= 11 is 0. The summed E-state index contributed by atoms with van der Waals surface area (Å²) in [5.41, 5.74) is 2.03. The van der Waals surface area contributed by atoms with Crippen LogP contribution in [0.25, 0.3) is 10.9 Å². The molecule has 4 aromatic rings. The number of para-hydroxylation sites is 2. The molecule has 3 heterocycles. The molecule has 1 amide bonds. The Bertz CT molecular complexity index is 2000. The van der Waals surface area contributed by atoms with Crippen LogP contribution >= 0.6 is 0 Å². The van der Waals surface area contributed by atoms with Gasteiger partial charge >= 0.3 is 5.97 Å². The van der Waals surface area contributed by atoms with Gasteiger partial charge in [-0.2, -0.15) is 4.72 Å². The fraction of sp³-hybridized carbons (Fsp3) is 0.242. The number of aliphatic imine (C=N–C) groups is 2. The van der Waals surface area contributed by atoms with Crippen molar-refractivity contribution >= 4 is 55.8 Å². The Morgan fingerprint density at radius 3 is 2.61 bits per heavy atom. The Morgan fingerprint density at radius 1 is 1.04 bits per heavy atom. The second-order valence-electron chi connectivity index (χ2n) is 11.7. The van der Waals surface area contributed by atoms with Crippen LogP contribution in [-0.2, 0) is 24.3 Å². The zero-order chi connectivity index (χ0) is 32.5. The lowest BCUT2D eigenvalue weighted by Gasteiger charge is -2.27. The average Bonchev–Trinajstić information content (AvgIpc) is 3.50. The highest BCUT2D eigenvalue weighted by molar-refractivity contribution is 7.89. The summed E-state index contributed by atoms with van der Waals surface area (Å²) in [6.07, 6.45) is -0.132. The third kappa shape index (κ3) is 6.60. The number of anilines is 2. The lowest BCUT2D eigenvalue weighted by Crippen LogP contribution is -2.49. The van der Waals surface area contributed by atoms with Crippen molar-refractivity contribution in [3.05, 3.63) is 96.2 Å². The van der Waals surface area contributed by atoms with Gasteiger partial charge in [0.05, 0.1) is 23.5 Å². The molecule has 1 atom stereocenters. The van der Waals surface area contributed by atoms with E-state index in [1.165, 1.54) is 17.2 Å². The van der Waals surface area contributed by atoms with Crippen molar-refractivity contribution in [3.8, 4) is 0 Å². The van der Waals surface area contributed by atoms with Gasteiger partial charge in [0.2, 0.25) is 10.0 Å². The van der Waals surface area contributed by atoms with Gasteiger partial charge in [-0.15, -0.1) is 0 Å².